The maximum Gasteiger partial charge on any atom is 0.419 e. The Labute approximate surface area is 203 Å². The minimum absolute atomic E-state index is 0.0288. The van der Waals surface area contributed by atoms with Crippen LogP contribution in [0.5, 0.6) is 0 Å². The lowest BCUT2D eigenvalue weighted by Gasteiger charge is -2.27. The van der Waals surface area contributed by atoms with Crippen LogP contribution in [-0.4, -0.2) is 58.6 Å². The summed E-state index contributed by atoms with van der Waals surface area (Å²) in [7, 11) is 0. The van der Waals surface area contributed by atoms with Crippen LogP contribution < -0.4 is 10.2 Å². The van der Waals surface area contributed by atoms with Crippen molar-refractivity contribution in [1.29, 1.82) is 0 Å². The van der Waals surface area contributed by atoms with E-state index < -0.39 is 17.6 Å². The van der Waals surface area contributed by atoms with Crippen LogP contribution >= 0.6 is 0 Å². The Hall–Kier alpha value is -3.58. The number of aromatic nitrogens is 4. The molecule has 2 fully saturated rings. The van der Waals surface area contributed by atoms with Crippen molar-refractivity contribution >= 4 is 23.2 Å². The van der Waals surface area contributed by atoms with Crippen LogP contribution in [0.3, 0.4) is 0 Å². The van der Waals surface area contributed by atoms with Gasteiger partial charge in [-0.2, -0.15) is 18.3 Å². The molecule has 5 rings (SSSR count). The number of hydrogen-bond acceptors (Lipinski definition) is 7. The molecule has 2 aromatic heterocycles. The number of anilines is 3. The molecule has 190 valence electrons. The van der Waals surface area contributed by atoms with Crippen LogP contribution in [0.2, 0.25) is 0 Å². The van der Waals surface area contributed by atoms with Crippen LogP contribution in [0.15, 0.2) is 36.8 Å². The fourth-order valence-electron chi connectivity index (χ4n) is 4.18. The molecule has 2 aliphatic rings. The van der Waals surface area contributed by atoms with E-state index in [4.69, 9.17) is 9.47 Å². The third-order valence-corrected chi connectivity index (χ3v) is 6.01. The summed E-state index contributed by atoms with van der Waals surface area (Å²) in [4.78, 5) is 21.2. The summed E-state index contributed by atoms with van der Waals surface area (Å²) in [5.74, 6) is -1.19. The van der Waals surface area contributed by atoms with Gasteiger partial charge in [-0.15, -0.1) is 0 Å². The number of hydrogen-bond donors (Lipinski definition) is 1. The van der Waals surface area contributed by atoms with Gasteiger partial charge >= 0.3 is 6.18 Å². The van der Waals surface area contributed by atoms with Crippen molar-refractivity contribution in [3.63, 3.8) is 0 Å². The monoisotopic (exact) mass is 506 g/mol. The van der Waals surface area contributed by atoms with Crippen LogP contribution in [0.1, 0.15) is 24.4 Å². The number of ether oxygens (including phenoxy) is 2. The fraction of sp³-hybridized carbons (Fsp3) is 0.391. The first-order valence-corrected chi connectivity index (χ1v) is 11.3. The maximum absolute atomic E-state index is 14.8. The normalized spacial score (nSPS) is 17.4. The first-order valence-electron chi connectivity index (χ1n) is 11.3. The van der Waals surface area contributed by atoms with E-state index >= 15 is 0 Å². The highest BCUT2D eigenvalue weighted by Gasteiger charge is 2.36. The summed E-state index contributed by atoms with van der Waals surface area (Å²) in [5, 5.41) is 6.99. The number of nitrogens with one attached hydrogen (secondary N) is 1. The molecule has 0 aliphatic carbocycles. The van der Waals surface area contributed by atoms with Crippen molar-refractivity contribution in [2.24, 2.45) is 0 Å². The molecule has 3 aromatic rings. The molecule has 1 aromatic carbocycles. The minimum Gasteiger partial charge on any atom is -0.381 e. The quantitative estimate of drug-likeness (QED) is 0.524. The molecule has 0 radical (unpaired) electrons. The maximum atomic E-state index is 14.8. The molecular formula is C23H22F4N6O3. The highest BCUT2D eigenvalue weighted by molar-refractivity contribution is 5.95. The highest BCUT2D eigenvalue weighted by Crippen LogP contribution is 2.37. The first kappa shape index (κ1) is 24.1. The van der Waals surface area contributed by atoms with Crippen LogP contribution in [-0.2, 0) is 20.4 Å². The molecule has 13 heteroatoms. The zero-order valence-electron chi connectivity index (χ0n) is 19.0. The Bertz CT molecular complexity index is 1260. The van der Waals surface area contributed by atoms with Gasteiger partial charge in [0.2, 0.25) is 5.95 Å². The lowest BCUT2D eigenvalue weighted by Crippen LogP contribution is -2.42. The summed E-state index contributed by atoms with van der Waals surface area (Å²) in [5.41, 5.74) is -0.864. The third kappa shape index (κ3) is 5.02. The lowest BCUT2D eigenvalue weighted by atomic mass is 10.1. The Balaban J connectivity index is 1.42. The molecule has 0 atom stereocenters. The van der Waals surface area contributed by atoms with E-state index in [1.54, 1.807) is 4.68 Å². The van der Waals surface area contributed by atoms with E-state index in [2.05, 4.69) is 20.4 Å². The smallest absolute Gasteiger partial charge is 0.381 e. The van der Waals surface area contributed by atoms with Gasteiger partial charge in [0.15, 0.2) is 0 Å². The topological polar surface area (TPSA) is 94.4 Å². The molecule has 2 saturated heterocycles. The van der Waals surface area contributed by atoms with Crippen LogP contribution in [0, 0.1) is 5.82 Å². The number of rotatable bonds is 5. The number of amides is 1. The van der Waals surface area contributed by atoms with Crippen LogP contribution in [0.25, 0.3) is 11.3 Å². The Kier molecular flexibility index (Phi) is 6.58. The van der Waals surface area contributed by atoms with Gasteiger partial charge in [0, 0.05) is 43.4 Å². The number of nitrogens with zero attached hydrogens (tertiary/aromatic N) is 5. The SMILES string of the molecule is O=C1COCCN1c1ccc(Nc2ncc(C(F)(F)F)c(-c3cnn(C4CCOCC4)c3)n2)cc1F. The van der Waals surface area contributed by atoms with Gasteiger partial charge < -0.3 is 19.7 Å². The molecular weight excluding hydrogens is 484 g/mol. The van der Waals surface area contributed by atoms with Gasteiger partial charge in [-0.05, 0) is 31.0 Å². The zero-order chi connectivity index (χ0) is 25.3. The minimum atomic E-state index is -4.69. The van der Waals surface area contributed by atoms with Gasteiger partial charge in [-0.3, -0.25) is 9.48 Å². The number of carbonyl (C=O) groups is 1. The Morgan fingerprint density at radius 3 is 2.61 bits per heavy atom. The molecule has 1 N–H and O–H groups in total. The average Bonchev–Trinajstić information content (AvgIpc) is 3.35. The van der Waals surface area contributed by atoms with Crippen LogP contribution in [0.4, 0.5) is 34.9 Å². The van der Waals surface area contributed by atoms with Crippen molar-refractivity contribution in [2.45, 2.75) is 25.1 Å². The summed E-state index contributed by atoms with van der Waals surface area (Å²) in [6.07, 6.45) is 0.291. The predicted octanol–water partition coefficient (Wildman–Crippen LogP) is 3.96. The van der Waals surface area contributed by atoms with Gasteiger partial charge in [-0.25, -0.2) is 14.4 Å². The van der Waals surface area contributed by atoms with Crippen molar-refractivity contribution in [3.05, 3.63) is 48.2 Å². The third-order valence-electron chi connectivity index (χ3n) is 6.01. The van der Waals surface area contributed by atoms with Gasteiger partial charge in [-0.1, -0.05) is 0 Å². The number of morpholine rings is 1. The number of carbonyl (C=O) groups excluding carboxylic acids is 1. The standard InChI is InChI=1S/C23H22F4N6O3/c24-18-9-15(1-2-19(18)32-5-8-36-13-20(32)34)30-22-28-11-17(23(25,26)27)21(31-22)14-10-29-33(12-14)16-3-6-35-7-4-16/h1-2,9-12,16H,3-8,13H2,(H,28,30,31). The molecule has 0 saturated carbocycles. The molecule has 9 nitrogen and oxygen atoms in total. The van der Waals surface area contributed by atoms with Gasteiger partial charge in [0.1, 0.15) is 18.0 Å². The zero-order valence-corrected chi connectivity index (χ0v) is 19.0. The predicted molar refractivity (Wildman–Crippen MR) is 120 cm³/mol. The van der Waals surface area contributed by atoms with E-state index in [9.17, 15) is 22.4 Å². The van der Waals surface area contributed by atoms with E-state index in [0.29, 0.717) is 38.9 Å². The Morgan fingerprint density at radius 2 is 1.89 bits per heavy atom. The molecule has 36 heavy (non-hydrogen) atoms. The largest absolute Gasteiger partial charge is 0.419 e. The summed E-state index contributed by atoms with van der Waals surface area (Å²) in [6.45, 7) is 1.50. The average molecular weight is 506 g/mol. The fourth-order valence-corrected chi connectivity index (χ4v) is 4.18. The van der Waals surface area contributed by atoms with E-state index in [1.807, 2.05) is 0 Å². The summed E-state index contributed by atoms with van der Waals surface area (Å²) in [6, 6.07) is 4.05. The molecule has 0 bridgehead atoms. The van der Waals surface area contributed by atoms with Crippen molar-refractivity contribution in [3.8, 4) is 11.3 Å². The van der Waals surface area contributed by atoms with Crippen molar-refractivity contribution in [2.75, 3.05) is 43.2 Å². The number of benzene rings is 1. The van der Waals surface area contributed by atoms with E-state index in [-0.39, 0.29) is 53.7 Å². The van der Waals surface area contributed by atoms with Gasteiger partial charge in [0.25, 0.3) is 5.91 Å². The second kappa shape index (κ2) is 9.82. The molecule has 1 amide bonds. The second-order valence-corrected chi connectivity index (χ2v) is 8.40. The number of alkyl halides is 3. The lowest BCUT2D eigenvalue weighted by molar-refractivity contribution is -0.137. The van der Waals surface area contributed by atoms with E-state index in [0.717, 1.165) is 6.07 Å². The number of halogens is 4. The molecule has 0 spiro atoms. The molecule has 2 aliphatic heterocycles. The summed E-state index contributed by atoms with van der Waals surface area (Å²) < 4.78 is 68.0. The van der Waals surface area contributed by atoms with E-state index in [1.165, 1.54) is 29.4 Å². The van der Waals surface area contributed by atoms with Gasteiger partial charge in [0.05, 0.1) is 30.2 Å². The summed E-state index contributed by atoms with van der Waals surface area (Å²) >= 11 is 0. The molecule has 4 heterocycles. The van der Waals surface area contributed by atoms with Crippen molar-refractivity contribution in [1.82, 2.24) is 19.7 Å². The Morgan fingerprint density at radius 1 is 1.08 bits per heavy atom. The second-order valence-electron chi connectivity index (χ2n) is 8.40. The first-order chi connectivity index (χ1) is 17.3. The van der Waals surface area contributed by atoms with Crippen molar-refractivity contribution < 1.29 is 31.8 Å². The highest BCUT2D eigenvalue weighted by atomic mass is 19.4. The molecule has 0 unspecified atom stereocenters.